The second-order valence-corrected chi connectivity index (χ2v) is 8.09. The molecule has 3 aromatic carbocycles. The second-order valence-electron chi connectivity index (χ2n) is 6.84. The third kappa shape index (κ3) is 6.26. The molecule has 0 fully saturated rings. The van der Waals surface area contributed by atoms with Crippen molar-refractivity contribution in [3.8, 4) is 23.0 Å². The van der Waals surface area contributed by atoms with Crippen LogP contribution in [0.4, 0.5) is 0 Å². The molecule has 0 saturated carbocycles. The van der Waals surface area contributed by atoms with E-state index in [1.54, 1.807) is 36.4 Å². The number of ether oxygens (including phenoxy) is 3. The first-order valence-electron chi connectivity index (χ1n) is 10.3. The molecule has 0 heterocycles. The van der Waals surface area contributed by atoms with Crippen LogP contribution in [0.3, 0.4) is 0 Å². The molecule has 0 amide bonds. The molecule has 0 saturated heterocycles. The fourth-order valence-electron chi connectivity index (χ4n) is 3.04. The van der Waals surface area contributed by atoms with Gasteiger partial charge in [-0.05, 0) is 84.5 Å². The van der Waals surface area contributed by atoms with E-state index in [0.717, 1.165) is 9.13 Å². The number of hydrogen-bond acceptors (Lipinski definition) is 5. The van der Waals surface area contributed by atoms with Crippen LogP contribution in [0.2, 0.25) is 0 Å². The first kappa shape index (κ1) is 23.7. The Morgan fingerprint density at radius 1 is 0.938 bits per heavy atom. The van der Waals surface area contributed by atoms with Crippen molar-refractivity contribution < 1.29 is 24.1 Å². The summed E-state index contributed by atoms with van der Waals surface area (Å²) in [6.45, 7) is 4.92. The molecule has 0 aliphatic rings. The van der Waals surface area contributed by atoms with Crippen molar-refractivity contribution in [2.45, 2.75) is 20.5 Å². The van der Waals surface area contributed by atoms with Crippen LogP contribution in [0, 0.1) is 3.57 Å². The minimum absolute atomic E-state index is 0.115. The van der Waals surface area contributed by atoms with Gasteiger partial charge in [0.2, 0.25) is 5.75 Å². The van der Waals surface area contributed by atoms with Gasteiger partial charge in [-0.25, -0.2) is 0 Å². The molecule has 32 heavy (non-hydrogen) atoms. The predicted octanol–water partition coefficient (Wildman–Crippen LogP) is 6.27. The molecule has 0 aliphatic heterocycles. The summed E-state index contributed by atoms with van der Waals surface area (Å²) in [5.41, 5.74) is 1.99. The lowest BCUT2D eigenvalue weighted by Gasteiger charge is -2.17. The Morgan fingerprint density at radius 2 is 1.59 bits per heavy atom. The fourth-order valence-corrected chi connectivity index (χ4v) is 3.55. The van der Waals surface area contributed by atoms with E-state index in [1.807, 2.05) is 44.2 Å². The van der Waals surface area contributed by atoms with Gasteiger partial charge in [-0.3, -0.25) is 4.79 Å². The topological polar surface area (TPSA) is 65.0 Å². The van der Waals surface area contributed by atoms with Gasteiger partial charge in [0.25, 0.3) is 0 Å². The van der Waals surface area contributed by atoms with E-state index in [-0.39, 0.29) is 11.5 Å². The van der Waals surface area contributed by atoms with Crippen molar-refractivity contribution in [1.29, 1.82) is 0 Å². The number of allylic oxidation sites excluding steroid dienone is 1. The number of hydrogen-bond donors (Lipinski definition) is 1. The van der Waals surface area contributed by atoms with E-state index in [1.165, 1.54) is 6.08 Å². The standard InChI is InChI=1S/C26H25IO5/c1-3-30-24-15-20(23(29)12-10-19-14-21(27)11-13-22(19)28)16-25(31-4-2)26(24)32-17-18-8-6-5-7-9-18/h5-16,28H,3-4,17H2,1-2H3. The van der Waals surface area contributed by atoms with Crippen molar-refractivity contribution >= 4 is 34.5 Å². The molecular formula is C26H25IO5. The molecule has 5 nitrogen and oxygen atoms in total. The summed E-state index contributed by atoms with van der Waals surface area (Å²) in [6, 6.07) is 18.3. The van der Waals surface area contributed by atoms with Gasteiger partial charge in [-0.15, -0.1) is 0 Å². The smallest absolute Gasteiger partial charge is 0.203 e. The van der Waals surface area contributed by atoms with Gasteiger partial charge >= 0.3 is 0 Å². The van der Waals surface area contributed by atoms with Gasteiger partial charge in [0.15, 0.2) is 17.3 Å². The SMILES string of the molecule is CCOc1cc(C(=O)C=Cc2cc(I)ccc2O)cc(OCC)c1OCc1ccccc1. The molecular weight excluding hydrogens is 519 g/mol. The molecule has 0 spiro atoms. The highest BCUT2D eigenvalue weighted by atomic mass is 127. The van der Waals surface area contributed by atoms with Gasteiger partial charge in [0.05, 0.1) is 13.2 Å². The predicted molar refractivity (Wildman–Crippen MR) is 134 cm³/mol. The molecule has 166 valence electrons. The number of phenolic OH excluding ortho intramolecular Hbond substituents is 1. The highest BCUT2D eigenvalue weighted by Crippen LogP contribution is 2.40. The number of rotatable bonds is 10. The van der Waals surface area contributed by atoms with Crippen LogP contribution in [0.25, 0.3) is 6.08 Å². The zero-order valence-corrected chi connectivity index (χ0v) is 20.2. The fraction of sp³-hybridized carbons (Fsp3) is 0.192. The lowest BCUT2D eigenvalue weighted by molar-refractivity contribution is 0.104. The average Bonchev–Trinajstić information content (AvgIpc) is 2.79. The van der Waals surface area contributed by atoms with E-state index in [2.05, 4.69) is 22.6 Å². The number of carbonyl (C=O) groups excluding carboxylic acids is 1. The van der Waals surface area contributed by atoms with E-state index in [0.29, 0.717) is 48.2 Å². The Hall–Kier alpha value is -3.00. The van der Waals surface area contributed by atoms with E-state index in [4.69, 9.17) is 14.2 Å². The van der Waals surface area contributed by atoms with E-state index >= 15 is 0 Å². The molecule has 0 aliphatic carbocycles. The van der Waals surface area contributed by atoms with Crippen molar-refractivity contribution in [2.75, 3.05) is 13.2 Å². The molecule has 1 N–H and O–H groups in total. The highest BCUT2D eigenvalue weighted by molar-refractivity contribution is 14.1. The first-order chi connectivity index (χ1) is 15.5. The zero-order chi connectivity index (χ0) is 22.9. The molecule has 0 radical (unpaired) electrons. The number of aromatic hydroxyl groups is 1. The van der Waals surface area contributed by atoms with Gasteiger partial charge in [-0.2, -0.15) is 0 Å². The quantitative estimate of drug-likeness (QED) is 0.185. The van der Waals surface area contributed by atoms with Crippen LogP contribution in [0.5, 0.6) is 23.0 Å². The summed E-state index contributed by atoms with van der Waals surface area (Å²) < 4.78 is 18.6. The van der Waals surface area contributed by atoms with Crippen molar-refractivity contribution in [3.63, 3.8) is 0 Å². The molecule has 3 aromatic rings. The molecule has 0 atom stereocenters. The Bertz CT molecular complexity index is 1070. The lowest BCUT2D eigenvalue weighted by Crippen LogP contribution is -2.05. The third-order valence-electron chi connectivity index (χ3n) is 4.53. The molecule has 6 heteroatoms. The number of halogens is 1. The summed E-state index contributed by atoms with van der Waals surface area (Å²) in [5, 5.41) is 10.0. The van der Waals surface area contributed by atoms with Crippen molar-refractivity contribution in [3.05, 3.63) is 87.0 Å². The average molecular weight is 544 g/mol. The first-order valence-corrected chi connectivity index (χ1v) is 11.4. The number of benzene rings is 3. The minimum atomic E-state index is -0.236. The Kier molecular flexibility index (Phi) is 8.56. The molecule has 3 rings (SSSR count). The van der Waals surface area contributed by atoms with E-state index < -0.39 is 0 Å². The largest absolute Gasteiger partial charge is 0.507 e. The van der Waals surface area contributed by atoms with Crippen molar-refractivity contribution in [1.82, 2.24) is 0 Å². The van der Waals surface area contributed by atoms with Crippen molar-refractivity contribution in [2.24, 2.45) is 0 Å². The number of ketones is 1. The summed E-state index contributed by atoms with van der Waals surface area (Å²) in [6.07, 6.45) is 3.02. The number of carbonyl (C=O) groups is 1. The maximum Gasteiger partial charge on any atom is 0.203 e. The summed E-state index contributed by atoms with van der Waals surface area (Å²) >= 11 is 2.16. The molecule has 0 bridgehead atoms. The van der Waals surface area contributed by atoms with Crippen LogP contribution in [0.1, 0.15) is 35.3 Å². The summed E-state index contributed by atoms with van der Waals surface area (Å²) in [7, 11) is 0. The zero-order valence-electron chi connectivity index (χ0n) is 18.0. The maximum absolute atomic E-state index is 12.9. The minimum Gasteiger partial charge on any atom is -0.507 e. The Morgan fingerprint density at radius 3 is 2.22 bits per heavy atom. The highest BCUT2D eigenvalue weighted by Gasteiger charge is 2.18. The monoisotopic (exact) mass is 544 g/mol. The van der Waals surface area contributed by atoms with Gasteiger partial charge in [0, 0.05) is 14.7 Å². The maximum atomic E-state index is 12.9. The normalized spacial score (nSPS) is 10.8. The van der Waals surface area contributed by atoms with Crippen LogP contribution in [-0.2, 0) is 6.61 Å². The van der Waals surface area contributed by atoms with Gasteiger partial charge in [-0.1, -0.05) is 30.3 Å². The summed E-state index contributed by atoms with van der Waals surface area (Å²) in [4.78, 5) is 12.9. The van der Waals surface area contributed by atoms with Gasteiger partial charge in [0.1, 0.15) is 12.4 Å². The van der Waals surface area contributed by atoms with Crippen LogP contribution < -0.4 is 14.2 Å². The third-order valence-corrected chi connectivity index (χ3v) is 5.21. The van der Waals surface area contributed by atoms with Crippen LogP contribution in [0.15, 0.2) is 66.7 Å². The number of phenols is 1. The molecule has 0 unspecified atom stereocenters. The van der Waals surface area contributed by atoms with Crippen LogP contribution in [-0.4, -0.2) is 24.1 Å². The van der Waals surface area contributed by atoms with Gasteiger partial charge < -0.3 is 19.3 Å². The second kappa shape index (κ2) is 11.6. The Balaban J connectivity index is 1.91. The summed E-state index contributed by atoms with van der Waals surface area (Å²) in [5.74, 6) is 1.24. The Labute approximate surface area is 201 Å². The lowest BCUT2D eigenvalue weighted by atomic mass is 10.1. The van der Waals surface area contributed by atoms with E-state index in [9.17, 15) is 9.90 Å². The molecule has 0 aromatic heterocycles. The van der Waals surface area contributed by atoms with Crippen LogP contribution >= 0.6 is 22.6 Å².